The first kappa shape index (κ1) is 19.8. The lowest BCUT2D eigenvalue weighted by molar-refractivity contribution is 0.0752. The van der Waals surface area contributed by atoms with Crippen LogP contribution in [0.5, 0.6) is 17.2 Å². The highest BCUT2D eigenvalue weighted by Crippen LogP contribution is 2.33. The lowest BCUT2D eigenvalue weighted by Crippen LogP contribution is -2.30. The van der Waals surface area contributed by atoms with Crippen molar-refractivity contribution in [3.8, 4) is 17.2 Å². The summed E-state index contributed by atoms with van der Waals surface area (Å²) in [6.07, 6.45) is 0. The summed E-state index contributed by atoms with van der Waals surface area (Å²) >= 11 is 0. The number of amides is 1. The standard InChI is InChI=1S/C23H24N2O5/c1-4-25(12-17-8-9-21-22(10-17)29-14-28-21)23(26)18-6-5-7-19(11-18)27-13-20-15(2)24-30-16(20)3/h5-11H,4,12-14H2,1-3H3. The lowest BCUT2D eigenvalue weighted by Gasteiger charge is -2.21. The van der Waals surface area contributed by atoms with E-state index in [1.54, 1.807) is 17.0 Å². The molecule has 1 aromatic heterocycles. The summed E-state index contributed by atoms with van der Waals surface area (Å²) in [5, 5.41) is 3.94. The highest BCUT2D eigenvalue weighted by atomic mass is 16.7. The molecule has 7 nitrogen and oxygen atoms in total. The third-order valence-corrected chi connectivity index (χ3v) is 5.12. The maximum absolute atomic E-state index is 13.1. The highest BCUT2D eigenvalue weighted by molar-refractivity contribution is 5.94. The molecule has 0 unspecified atom stereocenters. The van der Waals surface area contributed by atoms with Crippen LogP contribution in [0.2, 0.25) is 0 Å². The number of hydrogen-bond donors (Lipinski definition) is 0. The monoisotopic (exact) mass is 408 g/mol. The Bertz CT molecular complexity index is 1040. The average molecular weight is 408 g/mol. The minimum Gasteiger partial charge on any atom is -0.489 e. The second-order valence-electron chi connectivity index (χ2n) is 7.13. The first-order chi connectivity index (χ1) is 14.5. The van der Waals surface area contributed by atoms with Gasteiger partial charge in [-0.3, -0.25) is 4.79 Å². The van der Waals surface area contributed by atoms with Gasteiger partial charge in [0.05, 0.1) is 11.3 Å². The van der Waals surface area contributed by atoms with Crippen LogP contribution in [0.15, 0.2) is 47.0 Å². The van der Waals surface area contributed by atoms with Crippen molar-refractivity contribution in [1.82, 2.24) is 10.1 Å². The SMILES string of the molecule is CCN(Cc1ccc2c(c1)OCO2)C(=O)c1cccc(OCc2c(C)noc2C)c1. The van der Waals surface area contributed by atoms with Gasteiger partial charge in [-0.25, -0.2) is 0 Å². The van der Waals surface area contributed by atoms with Crippen molar-refractivity contribution in [3.05, 3.63) is 70.6 Å². The van der Waals surface area contributed by atoms with Gasteiger partial charge >= 0.3 is 0 Å². The van der Waals surface area contributed by atoms with Crippen molar-refractivity contribution in [1.29, 1.82) is 0 Å². The highest BCUT2D eigenvalue weighted by Gasteiger charge is 2.18. The molecule has 2 aromatic carbocycles. The Morgan fingerprint density at radius 2 is 1.97 bits per heavy atom. The van der Waals surface area contributed by atoms with Crippen LogP contribution in [-0.4, -0.2) is 29.3 Å². The molecule has 1 aliphatic rings. The molecule has 0 bridgehead atoms. The average Bonchev–Trinajstić information content (AvgIpc) is 3.36. The fourth-order valence-electron chi connectivity index (χ4n) is 3.35. The topological polar surface area (TPSA) is 74.0 Å². The van der Waals surface area contributed by atoms with Crippen LogP contribution < -0.4 is 14.2 Å². The summed E-state index contributed by atoms with van der Waals surface area (Å²) in [6.45, 7) is 7.33. The Kier molecular flexibility index (Phi) is 5.61. The maximum Gasteiger partial charge on any atom is 0.254 e. The van der Waals surface area contributed by atoms with E-state index in [9.17, 15) is 4.79 Å². The van der Waals surface area contributed by atoms with Gasteiger partial charge in [0.2, 0.25) is 6.79 Å². The predicted molar refractivity (Wildman–Crippen MR) is 110 cm³/mol. The van der Waals surface area contributed by atoms with E-state index < -0.39 is 0 Å². The second kappa shape index (κ2) is 8.49. The first-order valence-electron chi connectivity index (χ1n) is 9.87. The van der Waals surface area contributed by atoms with Gasteiger partial charge in [0.15, 0.2) is 11.5 Å². The van der Waals surface area contributed by atoms with E-state index in [1.807, 2.05) is 51.1 Å². The van der Waals surface area contributed by atoms with Gasteiger partial charge < -0.3 is 23.6 Å². The minimum atomic E-state index is -0.0574. The molecule has 0 saturated heterocycles. The molecule has 3 aromatic rings. The smallest absolute Gasteiger partial charge is 0.254 e. The zero-order valence-corrected chi connectivity index (χ0v) is 17.3. The molecule has 30 heavy (non-hydrogen) atoms. The zero-order chi connectivity index (χ0) is 21.1. The van der Waals surface area contributed by atoms with Crippen molar-refractivity contribution >= 4 is 5.91 Å². The van der Waals surface area contributed by atoms with E-state index in [4.69, 9.17) is 18.7 Å². The van der Waals surface area contributed by atoms with Gasteiger partial charge in [0, 0.05) is 18.7 Å². The third kappa shape index (κ3) is 4.10. The molecule has 0 saturated carbocycles. The summed E-state index contributed by atoms with van der Waals surface area (Å²) < 4.78 is 21.8. The fraction of sp³-hybridized carbons (Fsp3) is 0.304. The van der Waals surface area contributed by atoms with E-state index in [0.717, 1.165) is 28.3 Å². The minimum absolute atomic E-state index is 0.0574. The van der Waals surface area contributed by atoms with Crippen molar-refractivity contribution in [2.45, 2.75) is 33.9 Å². The maximum atomic E-state index is 13.1. The fourth-order valence-corrected chi connectivity index (χ4v) is 3.35. The van der Waals surface area contributed by atoms with Gasteiger partial charge in [-0.2, -0.15) is 0 Å². The van der Waals surface area contributed by atoms with Crippen molar-refractivity contribution in [2.24, 2.45) is 0 Å². The molecule has 0 spiro atoms. The molecule has 1 amide bonds. The number of aryl methyl sites for hydroxylation is 2. The zero-order valence-electron chi connectivity index (χ0n) is 17.3. The van der Waals surface area contributed by atoms with Crippen LogP contribution in [0.4, 0.5) is 0 Å². The summed E-state index contributed by atoms with van der Waals surface area (Å²) in [6, 6.07) is 13.0. The normalized spacial score (nSPS) is 12.1. The number of carbonyl (C=O) groups excluding carboxylic acids is 1. The molecule has 0 atom stereocenters. The van der Waals surface area contributed by atoms with E-state index in [-0.39, 0.29) is 12.7 Å². The largest absolute Gasteiger partial charge is 0.489 e. The third-order valence-electron chi connectivity index (χ3n) is 5.12. The number of ether oxygens (including phenoxy) is 3. The van der Waals surface area contributed by atoms with E-state index in [1.165, 1.54) is 0 Å². The Morgan fingerprint density at radius 1 is 1.13 bits per heavy atom. The molecule has 0 aliphatic carbocycles. The predicted octanol–water partition coefficient (Wildman–Crippen LogP) is 4.26. The van der Waals surface area contributed by atoms with Crippen LogP contribution >= 0.6 is 0 Å². The summed E-state index contributed by atoms with van der Waals surface area (Å²) in [7, 11) is 0. The number of benzene rings is 2. The number of carbonyl (C=O) groups is 1. The van der Waals surface area contributed by atoms with Crippen LogP contribution in [0.25, 0.3) is 0 Å². The molecule has 1 aliphatic heterocycles. The first-order valence-corrected chi connectivity index (χ1v) is 9.87. The Hall–Kier alpha value is -3.48. The van der Waals surface area contributed by atoms with Gasteiger partial charge in [0.25, 0.3) is 5.91 Å². The summed E-state index contributed by atoms with van der Waals surface area (Å²) in [5.41, 5.74) is 3.29. The van der Waals surface area contributed by atoms with E-state index >= 15 is 0 Å². The Labute approximate surface area is 175 Å². The van der Waals surface area contributed by atoms with Gasteiger partial charge in [-0.05, 0) is 56.7 Å². The molecular weight excluding hydrogens is 384 g/mol. The van der Waals surface area contributed by atoms with Crippen molar-refractivity contribution < 1.29 is 23.5 Å². The van der Waals surface area contributed by atoms with Gasteiger partial charge in [-0.15, -0.1) is 0 Å². The van der Waals surface area contributed by atoms with Crippen molar-refractivity contribution in [3.63, 3.8) is 0 Å². The number of hydrogen-bond acceptors (Lipinski definition) is 6. The van der Waals surface area contributed by atoms with Gasteiger partial charge in [-0.1, -0.05) is 17.3 Å². The molecule has 2 heterocycles. The molecule has 156 valence electrons. The van der Waals surface area contributed by atoms with Crippen LogP contribution in [0.1, 0.15) is 39.9 Å². The Balaban J connectivity index is 1.45. The Morgan fingerprint density at radius 3 is 2.73 bits per heavy atom. The molecule has 4 rings (SSSR count). The summed E-state index contributed by atoms with van der Waals surface area (Å²) in [4.78, 5) is 14.9. The summed E-state index contributed by atoms with van der Waals surface area (Å²) in [5.74, 6) is 2.75. The van der Waals surface area contributed by atoms with E-state index in [2.05, 4.69) is 5.16 Å². The number of rotatable bonds is 7. The molecule has 0 fully saturated rings. The van der Waals surface area contributed by atoms with Crippen molar-refractivity contribution in [2.75, 3.05) is 13.3 Å². The van der Waals surface area contributed by atoms with Crippen LogP contribution in [-0.2, 0) is 13.2 Å². The molecule has 0 N–H and O–H groups in total. The molecule has 7 heteroatoms. The molecule has 0 radical (unpaired) electrons. The number of aromatic nitrogens is 1. The lowest BCUT2D eigenvalue weighted by atomic mass is 10.1. The van der Waals surface area contributed by atoms with Crippen LogP contribution in [0.3, 0.4) is 0 Å². The van der Waals surface area contributed by atoms with Crippen LogP contribution in [0, 0.1) is 13.8 Å². The number of nitrogens with zero attached hydrogens (tertiary/aromatic N) is 2. The van der Waals surface area contributed by atoms with E-state index in [0.29, 0.717) is 36.8 Å². The van der Waals surface area contributed by atoms with Gasteiger partial charge in [0.1, 0.15) is 18.1 Å². The quantitative estimate of drug-likeness (QED) is 0.582. The second-order valence-corrected chi connectivity index (χ2v) is 7.13. The molecular formula is C23H24N2O5. The number of fused-ring (bicyclic) bond motifs is 1.